The van der Waals surface area contributed by atoms with E-state index in [4.69, 9.17) is 0 Å². The third-order valence-electron chi connectivity index (χ3n) is 2.68. The SMILES string of the molecule is CC(C)CNCc1cncn1CC(C)S(C)=O. The topological polar surface area (TPSA) is 46.9 Å². The van der Waals surface area contributed by atoms with Crippen molar-refractivity contribution in [3.63, 3.8) is 0 Å². The zero-order chi connectivity index (χ0) is 12.8. The molecule has 0 aromatic carbocycles. The van der Waals surface area contributed by atoms with Crippen molar-refractivity contribution in [1.82, 2.24) is 14.9 Å². The van der Waals surface area contributed by atoms with Crippen LogP contribution in [0.1, 0.15) is 26.5 Å². The lowest BCUT2D eigenvalue weighted by Gasteiger charge is -2.13. The first-order chi connectivity index (χ1) is 8.00. The lowest BCUT2D eigenvalue weighted by molar-refractivity contribution is 0.532. The molecule has 1 aromatic rings. The van der Waals surface area contributed by atoms with Gasteiger partial charge in [0, 0.05) is 41.6 Å². The maximum Gasteiger partial charge on any atom is 0.0948 e. The quantitative estimate of drug-likeness (QED) is 0.803. The molecule has 0 saturated carbocycles. The van der Waals surface area contributed by atoms with Crippen LogP contribution < -0.4 is 5.32 Å². The minimum atomic E-state index is -0.785. The molecule has 2 unspecified atom stereocenters. The predicted octanol–water partition coefficient (Wildman–Crippen LogP) is 1.40. The van der Waals surface area contributed by atoms with Crippen LogP contribution in [0.2, 0.25) is 0 Å². The zero-order valence-electron chi connectivity index (χ0n) is 11.1. The number of nitrogens with one attached hydrogen (secondary N) is 1. The van der Waals surface area contributed by atoms with Crippen LogP contribution in [-0.4, -0.2) is 31.8 Å². The summed E-state index contributed by atoms with van der Waals surface area (Å²) in [7, 11) is -0.785. The van der Waals surface area contributed by atoms with Crippen molar-refractivity contribution in [1.29, 1.82) is 0 Å². The molecule has 0 aliphatic rings. The molecule has 4 nitrogen and oxygen atoms in total. The summed E-state index contributed by atoms with van der Waals surface area (Å²) in [5.41, 5.74) is 1.16. The van der Waals surface area contributed by atoms with Crippen LogP contribution in [0.3, 0.4) is 0 Å². The van der Waals surface area contributed by atoms with E-state index in [9.17, 15) is 4.21 Å². The van der Waals surface area contributed by atoms with E-state index in [1.807, 2.05) is 19.4 Å². The van der Waals surface area contributed by atoms with E-state index in [0.717, 1.165) is 25.3 Å². The van der Waals surface area contributed by atoms with Crippen molar-refractivity contribution in [3.8, 4) is 0 Å². The van der Waals surface area contributed by atoms with E-state index in [-0.39, 0.29) is 5.25 Å². The van der Waals surface area contributed by atoms with Gasteiger partial charge >= 0.3 is 0 Å². The molecule has 1 N–H and O–H groups in total. The Kier molecular flexibility index (Phi) is 5.85. The van der Waals surface area contributed by atoms with Gasteiger partial charge in [0.25, 0.3) is 0 Å². The molecule has 0 spiro atoms. The smallest absolute Gasteiger partial charge is 0.0948 e. The average molecular weight is 257 g/mol. The number of nitrogens with zero attached hydrogens (tertiary/aromatic N) is 2. The largest absolute Gasteiger partial charge is 0.332 e. The fraction of sp³-hybridized carbons (Fsp3) is 0.750. The summed E-state index contributed by atoms with van der Waals surface area (Å²) in [5.74, 6) is 0.647. The Morgan fingerprint density at radius 3 is 2.76 bits per heavy atom. The fourth-order valence-corrected chi connectivity index (χ4v) is 1.90. The second-order valence-corrected chi connectivity index (χ2v) is 6.67. The Hall–Kier alpha value is -0.680. The summed E-state index contributed by atoms with van der Waals surface area (Å²) in [4.78, 5) is 4.16. The van der Waals surface area contributed by atoms with Crippen LogP contribution in [0, 0.1) is 5.92 Å². The summed E-state index contributed by atoms with van der Waals surface area (Å²) in [6.45, 7) is 8.96. The minimum absolute atomic E-state index is 0.160. The number of imidazole rings is 1. The first-order valence-electron chi connectivity index (χ1n) is 6.02. The monoisotopic (exact) mass is 257 g/mol. The molecule has 0 radical (unpaired) electrons. The van der Waals surface area contributed by atoms with Crippen LogP contribution >= 0.6 is 0 Å². The van der Waals surface area contributed by atoms with Gasteiger partial charge in [0.15, 0.2) is 0 Å². The molecule has 0 fully saturated rings. The van der Waals surface area contributed by atoms with Gasteiger partial charge in [0.05, 0.1) is 12.0 Å². The lowest BCUT2D eigenvalue weighted by atomic mass is 10.2. The molecule has 17 heavy (non-hydrogen) atoms. The predicted molar refractivity (Wildman–Crippen MR) is 72.3 cm³/mol. The maximum absolute atomic E-state index is 11.3. The first kappa shape index (κ1) is 14.4. The molecular formula is C12H23N3OS. The van der Waals surface area contributed by atoms with Gasteiger partial charge in [-0.2, -0.15) is 0 Å². The highest BCUT2D eigenvalue weighted by atomic mass is 32.2. The molecule has 0 saturated heterocycles. The van der Waals surface area contributed by atoms with E-state index in [2.05, 4.69) is 28.7 Å². The fourth-order valence-electron chi connectivity index (χ4n) is 1.53. The van der Waals surface area contributed by atoms with Crippen LogP contribution in [0.25, 0.3) is 0 Å². The van der Waals surface area contributed by atoms with E-state index in [1.165, 1.54) is 0 Å². The van der Waals surface area contributed by atoms with Gasteiger partial charge in [-0.05, 0) is 19.4 Å². The summed E-state index contributed by atoms with van der Waals surface area (Å²) in [6.07, 6.45) is 5.44. The van der Waals surface area contributed by atoms with Gasteiger partial charge in [0.2, 0.25) is 0 Å². The normalized spacial score (nSPS) is 15.1. The summed E-state index contributed by atoms with van der Waals surface area (Å²) < 4.78 is 13.4. The van der Waals surface area contributed by atoms with Crippen molar-refractivity contribution < 1.29 is 4.21 Å². The van der Waals surface area contributed by atoms with E-state index in [1.54, 1.807) is 6.26 Å². The van der Waals surface area contributed by atoms with Gasteiger partial charge in [0.1, 0.15) is 0 Å². The molecule has 5 heteroatoms. The van der Waals surface area contributed by atoms with Crippen molar-refractivity contribution >= 4 is 10.8 Å². The van der Waals surface area contributed by atoms with Crippen LogP contribution in [0.5, 0.6) is 0 Å². The zero-order valence-corrected chi connectivity index (χ0v) is 12.0. The van der Waals surface area contributed by atoms with Crippen molar-refractivity contribution in [3.05, 3.63) is 18.2 Å². The molecule has 0 amide bonds. The standard InChI is InChI=1S/C12H23N3OS/c1-10(2)5-13-6-12-7-14-9-15(12)8-11(3)17(4)16/h7,9-11,13H,5-6,8H2,1-4H3. The van der Waals surface area contributed by atoms with Crippen LogP contribution in [0.4, 0.5) is 0 Å². The third kappa shape index (κ3) is 5.00. The highest BCUT2D eigenvalue weighted by Gasteiger charge is 2.09. The lowest BCUT2D eigenvalue weighted by Crippen LogP contribution is -2.23. The molecule has 2 atom stereocenters. The highest BCUT2D eigenvalue weighted by Crippen LogP contribution is 2.04. The molecule has 0 aliphatic heterocycles. The van der Waals surface area contributed by atoms with Gasteiger partial charge in [-0.25, -0.2) is 4.98 Å². The van der Waals surface area contributed by atoms with Crippen molar-refractivity contribution in [2.75, 3.05) is 12.8 Å². The van der Waals surface area contributed by atoms with Gasteiger partial charge in [-0.1, -0.05) is 13.8 Å². The number of rotatable bonds is 7. The van der Waals surface area contributed by atoms with Crippen molar-refractivity contribution in [2.24, 2.45) is 5.92 Å². The molecule has 0 aliphatic carbocycles. The Bertz CT molecular complexity index is 362. The first-order valence-corrected chi connectivity index (χ1v) is 7.64. The number of hydrogen-bond acceptors (Lipinski definition) is 3. The Morgan fingerprint density at radius 2 is 2.18 bits per heavy atom. The summed E-state index contributed by atoms with van der Waals surface area (Å²) in [5, 5.41) is 3.55. The second kappa shape index (κ2) is 6.91. The number of aromatic nitrogens is 2. The van der Waals surface area contributed by atoms with Gasteiger partial charge in [-0.3, -0.25) is 4.21 Å². The minimum Gasteiger partial charge on any atom is -0.332 e. The van der Waals surface area contributed by atoms with E-state index < -0.39 is 10.8 Å². The molecule has 1 heterocycles. The van der Waals surface area contributed by atoms with E-state index in [0.29, 0.717) is 5.92 Å². The Balaban J connectivity index is 2.51. The highest BCUT2D eigenvalue weighted by molar-refractivity contribution is 7.84. The molecule has 0 bridgehead atoms. The average Bonchev–Trinajstić information content (AvgIpc) is 2.65. The maximum atomic E-state index is 11.3. The van der Waals surface area contributed by atoms with Crippen LogP contribution in [0.15, 0.2) is 12.5 Å². The Morgan fingerprint density at radius 1 is 1.47 bits per heavy atom. The third-order valence-corrected chi connectivity index (χ3v) is 3.96. The number of hydrogen-bond donors (Lipinski definition) is 1. The molecule has 98 valence electrons. The summed E-state index contributed by atoms with van der Waals surface area (Å²) >= 11 is 0. The van der Waals surface area contributed by atoms with Crippen molar-refractivity contribution in [2.45, 2.75) is 39.1 Å². The van der Waals surface area contributed by atoms with Gasteiger partial charge < -0.3 is 9.88 Å². The van der Waals surface area contributed by atoms with Gasteiger partial charge in [-0.15, -0.1) is 0 Å². The Labute approximate surface area is 106 Å². The van der Waals surface area contributed by atoms with E-state index >= 15 is 0 Å². The molecular weight excluding hydrogens is 234 g/mol. The second-order valence-electron chi connectivity index (χ2n) is 4.87. The molecule has 1 rings (SSSR count). The molecule has 1 aromatic heterocycles. The summed E-state index contributed by atoms with van der Waals surface area (Å²) in [6, 6.07) is 0. The van der Waals surface area contributed by atoms with Crippen LogP contribution in [-0.2, 0) is 23.9 Å².